The van der Waals surface area contributed by atoms with Crippen molar-refractivity contribution in [1.82, 2.24) is 5.01 Å². The summed E-state index contributed by atoms with van der Waals surface area (Å²) in [5.41, 5.74) is 2.89. The maximum Gasteiger partial charge on any atom is 0.303 e. The van der Waals surface area contributed by atoms with Crippen molar-refractivity contribution in [3.63, 3.8) is 0 Å². The Balaban J connectivity index is 1.86. The Bertz CT molecular complexity index is 763. The van der Waals surface area contributed by atoms with E-state index in [1.165, 1.54) is 5.01 Å². The quantitative estimate of drug-likeness (QED) is 0.915. The van der Waals surface area contributed by atoms with Gasteiger partial charge in [0.25, 0.3) is 0 Å². The highest BCUT2D eigenvalue weighted by atomic mass is 16.4. The molecule has 0 bridgehead atoms. The first-order valence-electron chi connectivity index (χ1n) is 7.76. The van der Waals surface area contributed by atoms with Crippen molar-refractivity contribution in [3.05, 3.63) is 59.5 Å². The van der Waals surface area contributed by atoms with Crippen molar-refractivity contribution in [2.45, 2.75) is 32.2 Å². The van der Waals surface area contributed by atoms with Gasteiger partial charge in [0.2, 0.25) is 5.91 Å². The van der Waals surface area contributed by atoms with Gasteiger partial charge >= 0.3 is 5.97 Å². The lowest BCUT2D eigenvalue weighted by Gasteiger charge is -2.19. The van der Waals surface area contributed by atoms with Gasteiger partial charge in [-0.2, -0.15) is 5.10 Å². The molecule has 0 aliphatic carbocycles. The summed E-state index contributed by atoms with van der Waals surface area (Å²) in [5.74, 6) is -0.676. The molecule has 6 heteroatoms. The minimum atomic E-state index is -1.00. The van der Waals surface area contributed by atoms with Crippen molar-refractivity contribution in [2.75, 3.05) is 0 Å². The second-order valence-electron chi connectivity index (χ2n) is 5.78. The summed E-state index contributed by atoms with van der Waals surface area (Å²) in [7, 11) is 0. The number of furan rings is 1. The molecule has 0 saturated carbocycles. The van der Waals surface area contributed by atoms with Gasteiger partial charge in [0, 0.05) is 12.8 Å². The van der Waals surface area contributed by atoms with E-state index in [4.69, 9.17) is 9.52 Å². The summed E-state index contributed by atoms with van der Waals surface area (Å²) in [6, 6.07) is 11.2. The van der Waals surface area contributed by atoms with Crippen molar-refractivity contribution >= 4 is 17.6 Å². The number of carbonyl (C=O) groups excluding carboxylic acids is 1. The number of carboxylic acids is 1. The molecule has 124 valence electrons. The van der Waals surface area contributed by atoms with Gasteiger partial charge in [0.1, 0.15) is 11.8 Å². The molecule has 0 fully saturated rings. The number of hydrazone groups is 1. The number of carboxylic acid groups (broad SMARTS) is 1. The molecular weight excluding hydrogens is 308 g/mol. The van der Waals surface area contributed by atoms with Crippen molar-refractivity contribution in [3.8, 4) is 0 Å². The highest BCUT2D eigenvalue weighted by Gasteiger charge is 2.34. The fourth-order valence-electron chi connectivity index (χ4n) is 2.69. The molecular formula is C18H18N2O4. The Morgan fingerprint density at radius 3 is 2.62 bits per heavy atom. The molecule has 1 aliphatic heterocycles. The lowest BCUT2D eigenvalue weighted by molar-refractivity contribution is -0.141. The zero-order valence-electron chi connectivity index (χ0n) is 13.3. The Labute approximate surface area is 139 Å². The van der Waals surface area contributed by atoms with Gasteiger partial charge in [0.05, 0.1) is 18.4 Å². The van der Waals surface area contributed by atoms with E-state index in [2.05, 4.69) is 5.10 Å². The average Bonchev–Trinajstić information content (AvgIpc) is 3.22. The summed E-state index contributed by atoms with van der Waals surface area (Å²) in [5, 5.41) is 14.6. The molecule has 0 saturated heterocycles. The van der Waals surface area contributed by atoms with E-state index in [1.54, 1.807) is 18.4 Å². The zero-order valence-corrected chi connectivity index (χ0v) is 13.3. The van der Waals surface area contributed by atoms with Gasteiger partial charge in [-0.25, -0.2) is 5.01 Å². The fourth-order valence-corrected chi connectivity index (χ4v) is 2.69. The Morgan fingerprint density at radius 2 is 2.00 bits per heavy atom. The Morgan fingerprint density at radius 1 is 1.25 bits per heavy atom. The molecule has 0 spiro atoms. The van der Waals surface area contributed by atoms with Gasteiger partial charge in [-0.15, -0.1) is 0 Å². The molecule has 24 heavy (non-hydrogen) atoms. The molecule has 1 amide bonds. The molecule has 0 unspecified atom stereocenters. The number of rotatable bonds is 5. The van der Waals surface area contributed by atoms with Crippen molar-refractivity contribution in [2.24, 2.45) is 5.10 Å². The molecule has 0 radical (unpaired) electrons. The third-order valence-electron chi connectivity index (χ3n) is 3.98. The molecule has 1 aromatic heterocycles. The summed E-state index contributed by atoms with van der Waals surface area (Å²) >= 11 is 0. The van der Waals surface area contributed by atoms with Crippen LogP contribution in [0.25, 0.3) is 0 Å². The minimum Gasteiger partial charge on any atom is -0.481 e. The largest absolute Gasteiger partial charge is 0.481 e. The molecule has 2 heterocycles. The first kappa shape index (κ1) is 16.0. The lowest BCUT2D eigenvalue weighted by Crippen LogP contribution is -2.27. The van der Waals surface area contributed by atoms with Crippen LogP contribution in [-0.2, 0) is 9.59 Å². The third-order valence-corrected chi connectivity index (χ3v) is 3.98. The van der Waals surface area contributed by atoms with E-state index >= 15 is 0 Å². The maximum absolute atomic E-state index is 12.4. The van der Waals surface area contributed by atoms with Gasteiger partial charge in [0.15, 0.2) is 0 Å². The number of aliphatic carboxylic acids is 1. The Hall–Kier alpha value is -2.89. The first-order valence-corrected chi connectivity index (χ1v) is 7.76. The Kier molecular flexibility index (Phi) is 4.46. The second-order valence-corrected chi connectivity index (χ2v) is 5.78. The highest BCUT2D eigenvalue weighted by Crippen LogP contribution is 2.33. The summed E-state index contributed by atoms with van der Waals surface area (Å²) in [6.45, 7) is 2.01. The van der Waals surface area contributed by atoms with Crippen LogP contribution in [0.1, 0.15) is 42.2 Å². The number of benzene rings is 1. The van der Waals surface area contributed by atoms with E-state index in [9.17, 15) is 9.59 Å². The van der Waals surface area contributed by atoms with Gasteiger partial charge in [-0.3, -0.25) is 9.59 Å². The van der Waals surface area contributed by atoms with Crippen LogP contribution in [0, 0.1) is 6.92 Å². The first-order chi connectivity index (χ1) is 11.5. The van der Waals surface area contributed by atoms with E-state index in [-0.39, 0.29) is 24.8 Å². The standard InChI is InChI=1S/C18H18N2O4/c1-12-4-6-13(7-5-12)14-11-15(16-3-2-10-24-16)20(19-14)17(21)8-9-18(22)23/h2-7,10,15H,8-9,11H2,1H3,(H,22,23)/t15-/m1/s1. The van der Waals surface area contributed by atoms with E-state index in [0.717, 1.165) is 16.8 Å². The monoisotopic (exact) mass is 326 g/mol. The summed E-state index contributed by atoms with van der Waals surface area (Å²) in [6.07, 6.45) is 1.79. The van der Waals surface area contributed by atoms with Crippen LogP contribution >= 0.6 is 0 Å². The number of aryl methyl sites for hydroxylation is 1. The van der Waals surface area contributed by atoms with Gasteiger partial charge in [-0.1, -0.05) is 29.8 Å². The second kappa shape index (κ2) is 6.70. The molecule has 1 aromatic carbocycles. The molecule has 1 atom stereocenters. The molecule has 2 aromatic rings. The van der Waals surface area contributed by atoms with Crippen molar-refractivity contribution in [1.29, 1.82) is 0 Å². The van der Waals surface area contributed by atoms with Crippen LogP contribution in [0.4, 0.5) is 0 Å². The smallest absolute Gasteiger partial charge is 0.303 e. The predicted molar refractivity (Wildman–Crippen MR) is 87.5 cm³/mol. The van der Waals surface area contributed by atoms with Crippen LogP contribution in [0.2, 0.25) is 0 Å². The third kappa shape index (κ3) is 3.37. The number of carbonyl (C=O) groups is 2. The maximum atomic E-state index is 12.4. The average molecular weight is 326 g/mol. The normalized spacial score (nSPS) is 17.0. The van der Waals surface area contributed by atoms with Crippen LogP contribution in [0.5, 0.6) is 0 Å². The van der Waals surface area contributed by atoms with Crippen LogP contribution in [0.3, 0.4) is 0 Å². The SMILES string of the molecule is Cc1ccc(C2=NN(C(=O)CCC(=O)O)[C@@H](c3ccco3)C2)cc1. The topological polar surface area (TPSA) is 83.1 Å². The number of nitrogens with zero attached hydrogens (tertiary/aromatic N) is 2. The van der Waals surface area contributed by atoms with E-state index < -0.39 is 5.97 Å². The number of hydrogen-bond acceptors (Lipinski definition) is 4. The van der Waals surface area contributed by atoms with Gasteiger partial charge < -0.3 is 9.52 Å². The summed E-state index contributed by atoms with van der Waals surface area (Å²) < 4.78 is 5.44. The van der Waals surface area contributed by atoms with Crippen LogP contribution < -0.4 is 0 Å². The van der Waals surface area contributed by atoms with E-state index in [1.807, 2.05) is 31.2 Å². The molecule has 6 nitrogen and oxygen atoms in total. The predicted octanol–water partition coefficient (Wildman–Crippen LogP) is 3.13. The van der Waals surface area contributed by atoms with Crippen LogP contribution in [0.15, 0.2) is 52.2 Å². The molecule has 1 N–H and O–H groups in total. The number of hydrogen-bond donors (Lipinski definition) is 1. The van der Waals surface area contributed by atoms with Crippen molar-refractivity contribution < 1.29 is 19.1 Å². The van der Waals surface area contributed by atoms with Gasteiger partial charge in [-0.05, 0) is 24.6 Å². The summed E-state index contributed by atoms with van der Waals surface area (Å²) in [4.78, 5) is 23.1. The molecule has 3 rings (SSSR count). The molecule has 1 aliphatic rings. The van der Waals surface area contributed by atoms with Crippen LogP contribution in [-0.4, -0.2) is 27.7 Å². The minimum absolute atomic E-state index is 0.0861. The fraction of sp³-hybridized carbons (Fsp3) is 0.278. The van der Waals surface area contributed by atoms with E-state index in [0.29, 0.717) is 12.2 Å². The highest BCUT2D eigenvalue weighted by molar-refractivity contribution is 6.03. The zero-order chi connectivity index (χ0) is 17.1. The number of amides is 1. The lowest BCUT2D eigenvalue weighted by atomic mass is 10.0.